The van der Waals surface area contributed by atoms with Gasteiger partial charge in [-0.3, -0.25) is 0 Å². The van der Waals surface area contributed by atoms with Crippen LogP contribution in [0.15, 0.2) is 22.7 Å². The highest BCUT2D eigenvalue weighted by Crippen LogP contribution is 2.24. The molecule has 0 atom stereocenters. The van der Waals surface area contributed by atoms with Crippen molar-refractivity contribution in [1.29, 1.82) is 0 Å². The topological polar surface area (TPSA) is 47.3 Å². The third kappa shape index (κ3) is 4.44. The van der Waals surface area contributed by atoms with Crippen LogP contribution in [0.1, 0.15) is 31.2 Å². The Labute approximate surface area is 128 Å². The molecule has 1 fully saturated rings. The molecule has 2 rings (SSSR count). The maximum Gasteiger partial charge on any atom is 0.104 e. The fraction of sp³-hybridized carbons (Fsp3) is 0.500. The first-order chi connectivity index (χ1) is 9.16. The quantitative estimate of drug-likeness (QED) is 0.614. The molecule has 0 radical (unpaired) electrons. The van der Waals surface area contributed by atoms with E-state index < -0.39 is 0 Å². The number of benzene rings is 1. The van der Waals surface area contributed by atoms with Gasteiger partial charge in [0.2, 0.25) is 0 Å². The third-order valence-electron chi connectivity index (χ3n) is 3.33. The number of anilines is 1. The molecule has 3 N–H and O–H groups in total. The summed E-state index contributed by atoms with van der Waals surface area (Å²) in [6.07, 6.45) is 5.52. The lowest BCUT2D eigenvalue weighted by molar-refractivity contribution is 0.0659. The number of halogens is 1. The average molecular weight is 343 g/mol. The molecule has 0 aromatic heterocycles. The Hall–Kier alpha value is -0.650. The smallest absolute Gasteiger partial charge is 0.104 e. The van der Waals surface area contributed by atoms with Gasteiger partial charge in [-0.25, -0.2) is 0 Å². The van der Waals surface area contributed by atoms with Crippen LogP contribution in [0.2, 0.25) is 0 Å². The van der Waals surface area contributed by atoms with Crippen molar-refractivity contribution in [2.75, 3.05) is 18.5 Å². The molecule has 1 aromatic carbocycles. The first-order valence-corrected chi connectivity index (χ1v) is 7.82. The maximum atomic E-state index is 5.81. The van der Waals surface area contributed by atoms with Crippen LogP contribution >= 0.6 is 28.1 Å². The van der Waals surface area contributed by atoms with Crippen molar-refractivity contribution in [2.45, 2.75) is 31.8 Å². The zero-order valence-electron chi connectivity index (χ0n) is 10.8. The van der Waals surface area contributed by atoms with E-state index in [1.165, 1.54) is 25.7 Å². The van der Waals surface area contributed by atoms with Crippen LogP contribution in [0.5, 0.6) is 0 Å². The van der Waals surface area contributed by atoms with E-state index in [-0.39, 0.29) is 0 Å². The third-order valence-corrected chi connectivity index (χ3v) is 4.22. The van der Waals surface area contributed by atoms with E-state index in [0.717, 1.165) is 28.9 Å². The normalized spacial score (nSPS) is 15.6. The Morgan fingerprint density at radius 3 is 2.79 bits per heavy atom. The molecule has 3 nitrogen and oxygen atoms in total. The van der Waals surface area contributed by atoms with Gasteiger partial charge in [0.1, 0.15) is 4.99 Å². The zero-order valence-corrected chi connectivity index (χ0v) is 13.2. The Balaban J connectivity index is 1.77. The molecule has 1 aliphatic rings. The van der Waals surface area contributed by atoms with Crippen LogP contribution in [0.4, 0.5) is 5.69 Å². The Kier molecular flexibility index (Phi) is 5.60. The molecule has 0 amide bonds. The van der Waals surface area contributed by atoms with Gasteiger partial charge < -0.3 is 15.8 Å². The average Bonchev–Trinajstić information content (AvgIpc) is 2.89. The summed E-state index contributed by atoms with van der Waals surface area (Å²) in [5.74, 6) is 0. The van der Waals surface area contributed by atoms with Crippen LogP contribution in [-0.2, 0) is 4.74 Å². The number of nitrogens with one attached hydrogen (secondary N) is 1. The summed E-state index contributed by atoms with van der Waals surface area (Å²) < 4.78 is 6.78. The molecule has 0 spiro atoms. The number of hydrogen-bond donors (Lipinski definition) is 2. The van der Waals surface area contributed by atoms with Gasteiger partial charge in [0.15, 0.2) is 0 Å². The second kappa shape index (κ2) is 7.22. The van der Waals surface area contributed by atoms with E-state index in [4.69, 9.17) is 22.7 Å². The van der Waals surface area contributed by atoms with Crippen molar-refractivity contribution in [3.8, 4) is 0 Å². The van der Waals surface area contributed by atoms with Crippen molar-refractivity contribution in [2.24, 2.45) is 5.73 Å². The van der Waals surface area contributed by atoms with Crippen LogP contribution in [0, 0.1) is 0 Å². The van der Waals surface area contributed by atoms with Gasteiger partial charge in [-0.1, -0.05) is 25.1 Å². The molecule has 0 heterocycles. The minimum atomic E-state index is 0.414. The Bertz CT molecular complexity index is 447. The fourth-order valence-electron chi connectivity index (χ4n) is 2.28. The SMILES string of the molecule is NC(=S)c1ccc(NCCOC2CCCC2)c(Br)c1. The highest BCUT2D eigenvalue weighted by molar-refractivity contribution is 9.10. The minimum absolute atomic E-state index is 0.414. The maximum absolute atomic E-state index is 5.81. The first-order valence-electron chi connectivity index (χ1n) is 6.61. The van der Waals surface area contributed by atoms with Gasteiger partial charge in [0.05, 0.1) is 12.7 Å². The highest BCUT2D eigenvalue weighted by atomic mass is 79.9. The lowest BCUT2D eigenvalue weighted by Crippen LogP contribution is -2.16. The number of thiocarbonyl (C=S) groups is 1. The summed E-state index contributed by atoms with van der Waals surface area (Å²) in [6, 6.07) is 5.84. The van der Waals surface area contributed by atoms with E-state index in [1.807, 2.05) is 18.2 Å². The molecule has 0 aliphatic heterocycles. The molecule has 0 saturated heterocycles. The van der Waals surface area contributed by atoms with Gasteiger partial charge in [-0.2, -0.15) is 0 Å². The lowest BCUT2D eigenvalue weighted by atomic mass is 10.2. The van der Waals surface area contributed by atoms with E-state index >= 15 is 0 Å². The first kappa shape index (κ1) is 14.8. The van der Waals surface area contributed by atoms with E-state index in [0.29, 0.717) is 11.1 Å². The predicted molar refractivity (Wildman–Crippen MR) is 86.7 cm³/mol. The standard InChI is InChI=1S/C14H19BrN2OS/c15-12-9-10(14(16)19)5-6-13(12)17-7-8-18-11-3-1-2-4-11/h5-6,9,11,17H,1-4,7-8H2,(H2,16,19). The Morgan fingerprint density at radius 2 is 2.16 bits per heavy atom. The second-order valence-electron chi connectivity index (χ2n) is 4.76. The molecule has 5 heteroatoms. The number of nitrogens with two attached hydrogens (primary N) is 1. The molecule has 0 bridgehead atoms. The number of ether oxygens (including phenoxy) is 1. The van der Waals surface area contributed by atoms with Crippen molar-refractivity contribution < 1.29 is 4.74 Å². The van der Waals surface area contributed by atoms with Crippen LogP contribution in [0.3, 0.4) is 0 Å². The number of hydrogen-bond acceptors (Lipinski definition) is 3. The van der Waals surface area contributed by atoms with Gasteiger partial charge in [-0.15, -0.1) is 0 Å². The van der Waals surface area contributed by atoms with E-state index in [1.54, 1.807) is 0 Å². The molecule has 19 heavy (non-hydrogen) atoms. The van der Waals surface area contributed by atoms with Gasteiger partial charge in [0.25, 0.3) is 0 Å². The minimum Gasteiger partial charge on any atom is -0.389 e. The summed E-state index contributed by atoms with van der Waals surface area (Å²) in [6.45, 7) is 1.55. The zero-order chi connectivity index (χ0) is 13.7. The highest BCUT2D eigenvalue weighted by Gasteiger charge is 2.14. The Morgan fingerprint density at radius 1 is 1.42 bits per heavy atom. The molecule has 0 unspecified atom stereocenters. The van der Waals surface area contributed by atoms with Crippen molar-refractivity contribution >= 4 is 38.8 Å². The molecule has 1 aromatic rings. The van der Waals surface area contributed by atoms with Crippen LogP contribution in [-0.4, -0.2) is 24.2 Å². The number of rotatable bonds is 6. The van der Waals surface area contributed by atoms with Crippen LogP contribution in [0.25, 0.3) is 0 Å². The molecular weight excluding hydrogens is 324 g/mol. The van der Waals surface area contributed by atoms with Crippen molar-refractivity contribution in [3.63, 3.8) is 0 Å². The predicted octanol–water partition coefficient (Wildman–Crippen LogP) is 3.45. The summed E-state index contributed by atoms with van der Waals surface area (Å²) in [7, 11) is 0. The summed E-state index contributed by atoms with van der Waals surface area (Å²) in [4.78, 5) is 0.414. The second-order valence-corrected chi connectivity index (χ2v) is 6.06. The van der Waals surface area contributed by atoms with Gasteiger partial charge in [-0.05, 0) is 47.0 Å². The molecule has 1 aliphatic carbocycles. The van der Waals surface area contributed by atoms with Gasteiger partial charge in [0, 0.05) is 22.3 Å². The van der Waals surface area contributed by atoms with Crippen molar-refractivity contribution in [1.82, 2.24) is 0 Å². The van der Waals surface area contributed by atoms with Crippen LogP contribution < -0.4 is 11.1 Å². The van der Waals surface area contributed by atoms with Gasteiger partial charge >= 0.3 is 0 Å². The molecule has 1 saturated carbocycles. The monoisotopic (exact) mass is 342 g/mol. The molecular formula is C14H19BrN2OS. The van der Waals surface area contributed by atoms with Crippen molar-refractivity contribution in [3.05, 3.63) is 28.2 Å². The summed E-state index contributed by atoms with van der Waals surface area (Å²) >= 11 is 8.46. The van der Waals surface area contributed by atoms with E-state index in [2.05, 4.69) is 21.2 Å². The largest absolute Gasteiger partial charge is 0.389 e. The van der Waals surface area contributed by atoms with E-state index in [9.17, 15) is 0 Å². The lowest BCUT2D eigenvalue weighted by Gasteiger charge is -2.13. The summed E-state index contributed by atoms with van der Waals surface area (Å²) in [5.41, 5.74) is 7.50. The summed E-state index contributed by atoms with van der Waals surface area (Å²) in [5, 5.41) is 3.35. The fourth-order valence-corrected chi connectivity index (χ4v) is 2.92. The molecule has 104 valence electrons.